The van der Waals surface area contributed by atoms with E-state index < -0.39 is 0 Å². The third-order valence-electron chi connectivity index (χ3n) is 1.05. The van der Waals surface area contributed by atoms with E-state index in [1.165, 1.54) is 20.0 Å². The van der Waals surface area contributed by atoms with E-state index in [9.17, 15) is 0 Å². The minimum absolute atomic E-state index is 0.673. The smallest absolute Gasteiger partial charge is 0.147 e. The zero-order chi connectivity index (χ0) is 6.85. The van der Waals surface area contributed by atoms with Crippen LogP contribution in [0.15, 0.2) is 0 Å². The first kappa shape index (κ1) is 7.75. The van der Waals surface area contributed by atoms with Crippen LogP contribution in [0, 0.1) is 2.88 Å². The molecule has 4 heteroatoms. The average molecular weight is 274 g/mol. The maximum Gasteiger partial charge on any atom is 0.147 e. The van der Waals surface area contributed by atoms with E-state index in [0.29, 0.717) is 5.15 Å². The summed E-state index contributed by atoms with van der Waals surface area (Å²) < 4.78 is 5.20. The summed E-state index contributed by atoms with van der Waals surface area (Å²) in [6.45, 7) is 2.08. The summed E-state index contributed by atoms with van der Waals surface area (Å²) in [6.07, 6.45) is 0.980. The molecule has 1 nitrogen and oxygen atoms in total. The van der Waals surface area contributed by atoms with Crippen LogP contribution in [0.1, 0.15) is 12.5 Å². The molecule has 9 heavy (non-hydrogen) atoms. The van der Waals surface area contributed by atoms with E-state index in [1.807, 2.05) is 0 Å². The fraction of sp³-hybridized carbons (Fsp3) is 0.400. The lowest BCUT2D eigenvalue weighted by molar-refractivity contribution is 1.13. The molecular weight excluding hydrogens is 268 g/mol. The highest BCUT2D eigenvalue weighted by Gasteiger charge is 2.05. The summed E-state index contributed by atoms with van der Waals surface area (Å²) in [5.74, 6) is 0. The molecule has 0 spiro atoms. The van der Waals surface area contributed by atoms with Crippen LogP contribution >= 0.6 is 45.7 Å². The monoisotopic (exact) mass is 273 g/mol. The fourth-order valence-electron chi connectivity index (χ4n) is 0.556. The Morgan fingerprint density at radius 2 is 2.44 bits per heavy atom. The number of rotatable bonds is 1. The summed E-state index contributed by atoms with van der Waals surface area (Å²) in [4.78, 5) is 0. The van der Waals surface area contributed by atoms with Crippen molar-refractivity contribution in [1.29, 1.82) is 0 Å². The molecule has 0 saturated heterocycles. The van der Waals surface area contributed by atoms with Crippen molar-refractivity contribution in [2.24, 2.45) is 0 Å². The van der Waals surface area contributed by atoms with Crippen molar-refractivity contribution in [3.8, 4) is 0 Å². The zero-order valence-corrected chi connectivity index (χ0v) is 8.55. The molecule has 0 aliphatic heterocycles. The Bertz CT molecular complexity index is 191. The summed E-state index contributed by atoms with van der Waals surface area (Å²) >= 11 is 9.45. The molecule has 0 amide bonds. The van der Waals surface area contributed by atoms with Gasteiger partial charge in [-0.1, -0.05) is 18.5 Å². The molecule has 0 saturated carbocycles. The number of halogens is 2. The van der Waals surface area contributed by atoms with Crippen molar-refractivity contribution in [1.82, 2.24) is 4.37 Å². The Kier molecular flexibility index (Phi) is 2.73. The lowest BCUT2D eigenvalue weighted by Crippen LogP contribution is -1.77. The largest absolute Gasteiger partial charge is 0.179 e. The quantitative estimate of drug-likeness (QED) is 0.717. The first-order chi connectivity index (χ1) is 4.25. The Morgan fingerprint density at radius 3 is 2.67 bits per heavy atom. The fourth-order valence-corrected chi connectivity index (χ4v) is 2.66. The number of aromatic nitrogens is 1. The first-order valence-corrected chi connectivity index (χ1v) is 4.78. The zero-order valence-electron chi connectivity index (χ0n) is 4.82. The molecule has 1 heterocycles. The summed E-state index contributed by atoms with van der Waals surface area (Å²) in [5, 5.41) is 0.673. The van der Waals surface area contributed by atoms with Crippen molar-refractivity contribution in [2.75, 3.05) is 0 Å². The molecule has 0 bridgehead atoms. The van der Waals surface area contributed by atoms with Gasteiger partial charge in [-0.15, -0.1) is 0 Å². The molecule has 1 aromatic heterocycles. The number of nitrogens with zero attached hydrogens (tertiary/aromatic N) is 1. The maximum absolute atomic E-state index is 5.74. The maximum atomic E-state index is 5.74. The highest BCUT2D eigenvalue weighted by atomic mass is 127. The molecule has 0 aliphatic rings. The number of hydrogen-bond acceptors (Lipinski definition) is 2. The van der Waals surface area contributed by atoms with Crippen LogP contribution in [-0.4, -0.2) is 4.37 Å². The first-order valence-electron chi connectivity index (χ1n) is 2.55. The SMILES string of the molecule is CCc1c(Cl)nsc1I. The third kappa shape index (κ3) is 1.56. The van der Waals surface area contributed by atoms with Gasteiger partial charge in [-0.25, -0.2) is 0 Å². The minimum atomic E-state index is 0.673. The van der Waals surface area contributed by atoms with Crippen LogP contribution in [0.4, 0.5) is 0 Å². The Balaban J connectivity index is 3.07. The molecule has 1 rings (SSSR count). The van der Waals surface area contributed by atoms with Gasteiger partial charge in [0.25, 0.3) is 0 Å². The Morgan fingerprint density at radius 1 is 1.78 bits per heavy atom. The van der Waals surface area contributed by atoms with Gasteiger partial charge >= 0.3 is 0 Å². The summed E-state index contributed by atoms with van der Waals surface area (Å²) in [7, 11) is 0. The van der Waals surface area contributed by atoms with Crippen LogP contribution in [0.25, 0.3) is 0 Å². The van der Waals surface area contributed by atoms with Crippen molar-refractivity contribution < 1.29 is 0 Å². The summed E-state index contributed by atoms with van der Waals surface area (Å²) in [5.41, 5.74) is 1.18. The van der Waals surface area contributed by atoms with Crippen molar-refractivity contribution in [2.45, 2.75) is 13.3 Å². The van der Waals surface area contributed by atoms with Gasteiger partial charge in [0, 0.05) is 5.56 Å². The van der Waals surface area contributed by atoms with Gasteiger partial charge in [-0.2, -0.15) is 4.37 Å². The second-order valence-electron chi connectivity index (χ2n) is 1.58. The van der Waals surface area contributed by atoms with Gasteiger partial charge < -0.3 is 0 Å². The average Bonchev–Trinajstić information content (AvgIpc) is 2.12. The van der Waals surface area contributed by atoms with Gasteiger partial charge in [-0.3, -0.25) is 0 Å². The van der Waals surface area contributed by atoms with Gasteiger partial charge in [0.05, 0.1) is 2.88 Å². The van der Waals surface area contributed by atoms with Crippen molar-refractivity contribution in [3.63, 3.8) is 0 Å². The van der Waals surface area contributed by atoms with Gasteiger partial charge in [-0.05, 0) is 40.5 Å². The van der Waals surface area contributed by atoms with Crippen molar-refractivity contribution >= 4 is 45.7 Å². The normalized spacial score (nSPS) is 10.1. The van der Waals surface area contributed by atoms with Crippen molar-refractivity contribution in [3.05, 3.63) is 13.6 Å². The molecular formula is C5H5ClINS. The molecule has 1 aromatic rings. The van der Waals surface area contributed by atoms with Gasteiger partial charge in [0.2, 0.25) is 0 Å². The molecule has 0 aromatic carbocycles. The van der Waals surface area contributed by atoms with Crippen LogP contribution in [-0.2, 0) is 6.42 Å². The molecule has 0 unspecified atom stereocenters. The van der Waals surface area contributed by atoms with Crippen LogP contribution < -0.4 is 0 Å². The van der Waals surface area contributed by atoms with Crippen LogP contribution in [0.5, 0.6) is 0 Å². The van der Waals surface area contributed by atoms with E-state index >= 15 is 0 Å². The molecule has 0 radical (unpaired) electrons. The number of hydrogen-bond donors (Lipinski definition) is 0. The Labute approximate surface area is 76.7 Å². The predicted octanol–water partition coefficient (Wildman–Crippen LogP) is 2.96. The highest BCUT2D eigenvalue weighted by Crippen LogP contribution is 2.24. The second-order valence-corrected chi connectivity index (χ2v) is 4.52. The lowest BCUT2D eigenvalue weighted by atomic mass is 10.3. The molecule has 0 atom stereocenters. The lowest BCUT2D eigenvalue weighted by Gasteiger charge is -1.87. The highest BCUT2D eigenvalue weighted by molar-refractivity contribution is 14.1. The predicted molar refractivity (Wildman–Crippen MR) is 49.2 cm³/mol. The standard InChI is InChI=1S/C5H5ClINS/c1-2-3-4(6)8-9-5(3)7/h2H2,1H3. The van der Waals surface area contributed by atoms with E-state index in [-0.39, 0.29) is 0 Å². The summed E-state index contributed by atoms with van der Waals surface area (Å²) in [6, 6.07) is 0. The second kappa shape index (κ2) is 3.16. The van der Waals surface area contributed by atoms with E-state index in [2.05, 4.69) is 33.9 Å². The van der Waals surface area contributed by atoms with E-state index in [0.717, 1.165) is 6.42 Å². The van der Waals surface area contributed by atoms with Crippen LogP contribution in [0.2, 0.25) is 5.15 Å². The Hall–Kier alpha value is 0.650. The van der Waals surface area contributed by atoms with Crippen LogP contribution in [0.3, 0.4) is 0 Å². The molecule has 50 valence electrons. The minimum Gasteiger partial charge on any atom is -0.179 e. The molecule has 0 fully saturated rings. The molecule has 0 N–H and O–H groups in total. The third-order valence-corrected chi connectivity index (χ3v) is 3.38. The topological polar surface area (TPSA) is 12.9 Å². The van der Waals surface area contributed by atoms with Gasteiger partial charge in [0.15, 0.2) is 0 Å². The van der Waals surface area contributed by atoms with E-state index in [1.54, 1.807) is 0 Å². The molecule has 0 aliphatic carbocycles. The van der Waals surface area contributed by atoms with E-state index in [4.69, 9.17) is 11.6 Å². The van der Waals surface area contributed by atoms with Gasteiger partial charge in [0.1, 0.15) is 5.15 Å².